The summed E-state index contributed by atoms with van der Waals surface area (Å²) in [5.74, 6) is 0.245. The predicted molar refractivity (Wildman–Crippen MR) is 118 cm³/mol. The fourth-order valence-electron chi connectivity index (χ4n) is 3.00. The number of allylic oxidation sites excluding steroid dienone is 4. The van der Waals surface area contributed by atoms with Gasteiger partial charge in [-0.15, -0.1) is 0 Å². The lowest BCUT2D eigenvalue weighted by Crippen LogP contribution is -2.30. The minimum atomic E-state index is -0.290. The van der Waals surface area contributed by atoms with E-state index in [2.05, 4.69) is 38.2 Å². The Kier molecular flexibility index (Phi) is 19.1. The molecule has 0 fully saturated rings. The number of hydrogen-bond donors (Lipinski definition) is 0. The summed E-state index contributed by atoms with van der Waals surface area (Å²) in [4.78, 5) is 18.2. The van der Waals surface area contributed by atoms with E-state index >= 15 is 0 Å². The van der Waals surface area contributed by atoms with E-state index in [1.54, 1.807) is 5.06 Å². The van der Waals surface area contributed by atoms with Crippen LogP contribution in [0.1, 0.15) is 104 Å². The number of rotatable bonds is 19. The summed E-state index contributed by atoms with van der Waals surface area (Å²) < 4.78 is 0. The maximum atomic E-state index is 12.5. The number of hydroxylamine groups is 2. The molecular weight excluding hydrogens is 334 g/mol. The first-order chi connectivity index (χ1) is 13.1. The minimum absolute atomic E-state index is 0.245. The highest BCUT2D eigenvalue weighted by Gasteiger charge is 2.19. The third-order valence-corrected chi connectivity index (χ3v) is 4.61. The highest BCUT2D eigenvalue weighted by Crippen LogP contribution is 2.13. The molecular formula is C24H45NO2. The predicted octanol–water partition coefficient (Wildman–Crippen LogP) is 7.03. The van der Waals surface area contributed by atoms with Crippen molar-refractivity contribution in [2.75, 3.05) is 14.1 Å². The Hall–Kier alpha value is -0.930. The van der Waals surface area contributed by atoms with Gasteiger partial charge in [-0.3, -0.25) is 9.63 Å². The van der Waals surface area contributed by atoms with Gasteiger partial charge in [0.05, 0.1) is 0 Å². The molecule has 0 saturated carbocycles. The van der Waals surface area contributed by atoms with Crippen molar-refractivity contribution >= 4 is 5.78 Å². The summed E-state index contributed by atoms with van der Waals surface area (Å²) >= 11 is 0. The average molecular weight is 380 g/mol. The van der Waals surface area contributed by atoms with Gasteiger partial charge in [0.2, 0.25) is 0 Å². The van der Waals surface area contributed by atoms with E-state index in [9.17, 15) is 4.79 Å². The lowest BCUT2D eigenvalue weighted by atomic mass is 10.0. The number of ketones is 1. The van der Waals surface area contributed by atoms with Crippen LogP contribution < -0.4 is 0 Å². The van der Waals surface area contributed by atoms with Crippen LogP contribution >= 0.6 is 0 Å². The van der Waals surface area contributed by atoms with Gasteiger partial charge in [-0.1, -0.05) is 63.8 Å². The highest BCUT2D eigenvalue weighted by molar-refractivity contribution is 5.82. The molecule has 0 rings (SSSR count). The van der Waals surface area contributed by atoms with Crippen molar-refractivity contribution in [1.82, 2.24) is 5.06 Å². The molecule has 158 valence electrons. The number of nitrogens with zero attached hydrogens (tertiary/aromatic N) is 1. The Balaban J connectivity index is 3.99. The summed E-state index contributed by atoms with van der Waals surface area (Å²) in [7, 11) is 3.71. The molecule has 0 heterocycles. The van der Waals surface area contributed by atoms with E-state index in [0.29, 0.717) is 6.42 Å². The van der Waals surface area contributed by atoms with Crippen molar-refractivity contribution in [3.8, 4) is 0 Å². The number of Topliss-reactive ketones (excluding diaryl/α,β-unsaturated/α-hetero) is 1. The van der Waals surface area contributed by atoms with Gasteiger partial charge >= 0.3 is 0 Å². The molecule has 0 bridgehead atoms. The van der Waals surface area contributed by atoms with Crippen molar-refractivity contribution in [3.05, 3.63) is 24.3 Å². The first-order valence-electron chi connectivity index (χ1n) is 11.3. The Morgan fingerprint density at radius 1 is 0.778 bits per heavy atom. The number of hydrogen-bond acceptors (Lipinski definition) is 3. The van der Waals surface area contributed by atoms with Crippen LogP contribution in [-0.4, -0.2) is 31.0 Å². The molecule has 0 N–H and O–H groups in total. The number of carbonyl (C=O) groups excluding carboxylic acids is 1. The maximum Gasteiger partial charge on any atom is 0.163 e. The van der Waals surface area contributed by atoms with Crippen LogP contribution in [-0.2, 0) is 9.63 Å². The first-order valence-corrected chi connectivity index (χ1v) is 11.3. The normalized spacial score (nSPS) is 13.2. The second-order valence-electron chi connectivity index (χ2n) is 7.63. The topological polar surface area (TPSA) is 29.5 Å². The zero-order valence-corrected chi connectivity index (χ0v) is 18.5. The highest BCUT2D eigenvalue weighted by atomic mass is 16.7. The third-order valence-electron chi connectivity index (χ3n) is 4.61. The third kappa shape index (κ3) is 18.2. The molecule has 0 amide bonds. The maximum absolute atomic E-state index is 12.5. The fourth-order valence-corrected chi connectivity index (χ4v) is 3.00. The molecule has 0 spiro atoms. The smallest absolute Gasteiger partial charge is 0.163 e. The van der Waals surface area contributed by atoms with E-state index in [-0.39, 0.29) is 11.9 Å². The standard InChI is InChI=1S/C24H45NO2/c1-5-7-9-11-13-15-17-19-21-23(26)24(27-25(3)4)22-20-18-16-14-12-10-8-6-2/h13-16,24H,5-12,17-22H2,1-4H3/b15-13-,16-14-. The van der Waals surface area contributed by atoms with Gasteiger partial charge in [-0.25, -0.2) is 0 Å². The molecule has 0 aliphatic heterocycles. The molecule has 0 aromatic heterocycles. The summed E-state index contributed by atoms with van der Waals surface area (Å²) in [5.41, 5.74) is 0. The van der Waals surface area contributed by atoms with Gasteiger partial charge in [0.15, 0.2) is 5.78 Å². The molecule has 0 radical (unpaired) electrons. The second kappa shape index (κ2) is 19.8. The van der Waals surface area contributed by atoms with Crippen molar-refractivity contribution in [2.24, 2.45) is 0 Å². The Morgan fingerprint density at radius 2 is 1.26 bits per heavy atom. The minimum Gasteiger partial charge on any atom is -0.297 e. The van der Waals surface area contributed by atoms with Crippen molar-refractivity contribution in [1.29, 1.82) is 0 Å². The van der Waals surface area contributed by atoms with Crippen LogP contribution in [0, 0.1) is 0 Å². The van der Waals surface area contributed by atoms with Gasteiger partial charge in [-0.05, 0) is 57.8 Å². The van der Waals surface area contributed by atoms with Crippen LogP contribution in [0.15, 0.2) is 24.3 Å². The zero-order chi connectivity index (χ0) is 20.2. The van der Waals surface area contributed by atoms with Crippen molar-refractivity contribution in [2.45, 2.75) is 110 Å². The molecule has 0 aliphatic rings. The Labute approximate surface area is 169 Å². The molecule has 3 nitrogen and oxygen atoms in total. The van der Waals surface area contributed by atoms with Gasteiger partial charge in [-0.2, -0.15) is 5.06 Å². The van der Waals surface area contributed by atoms with Gasteiger partial charge in [0, 0.05) is 20.5 Å². The number of unbranched alkanes of at least 4 members (excludes halogenated alkanes) is 8. The lowest BCUT2D eigenvalue weighted by molar-refractivity contribution is -0.178. The summed E-state index contributed by atoms with van der Waals surface area (Å²) in [6.45, 7) is 4.46. The lowest BCUT2D eigenvalue weighted by Gasteiger charge is -2.20. The van der Waals surface area contributed by atoms with Crippen molar-refractivity contribution < 1.29 is 9.63 Å². The SMILES string of the molecule is CCCCC/C=C\CCCC(=O)C(CCC/C=C\CCCCC)ON(C)C. The molecule has 3 heteroatoms. The monoisotopic (exact) mass is 379 g/mol. The molecule has 0 aromatic rings. The second-order valence-corrected chi connectivity index (χ2v) is 7.63. The van der Waals surface area contributed by atoms with E-state index in [4.69, 9.17) is 4.84 Å². The molecule has 0 aliphatic carbocycles. The Bertz CT molecular complexity index is 388. The van der Waals surface area contributed by atoms with E-state index in [1.165, 1.54) is 51.4 Å². The molecule has 1 atom stereocenters. The molecule has 1 unspecified atom stereocenters. The van der Waals surface area contributed by atoms with Crippen LogP contribution in [0.4, 0.5) is 0 Å². The molecule has 27 heavy (non-hydrogen) atoms. The van der Waals surface area contributed by atoms with E-state index in [1.807, 2.05) is 14.1 Å². The number of carbonyl (C=O) groups is 1. The zero-order valence-electron chi connectivity index (χ0n) is 18.5. The average Bonchev–Trinajstić information content (AvgIpc) is 2.64. The first kappa shape index (κ1) is 26.1. The van der Waals surface area contributed by atoms with Crippen molar-refractivity contribution in [3.63, 3.8) is 0 Å². The van der Waals surface area contributed by atoms with Crippen LogP contribution in [0.3, 0.4) is 0 Å². The van der Waals surface area contributed by atoms with Gasteiger partial charge in [0.1, 0.15) is 6.10 Å². The summed E-state index contributed by atoms with van der Waals surface area (Å²) in [6, 6.07) is 0. The molecule has 0 aromatic carbocycles. The Morgan fingerprint density at radius 3 is 1.74 bits per heavy atom. The van der Waals surface area contributed by atoms with E-state index in [0.717, 1.165) is 32.1 Å². The quantitative estimate of drug-likeness (QED) is 0.137. The largest absolute Gasteiger partial charge is 0.297 e. The summed E-state index contributed by atoms with van der Waals surface area (Å²) in [6.07, 6.45) is 24.2. The van der Waals surface area contributed by atoms with Crippen LogP contribution in [0.5, 0.6) is 0 Å². The van der Waals surface area contributed by atoms with Crippen LogP contribution in [0.25, 0.3) is 0 Å². The fraction of sp³-hybridized carbons (Fsp3) is 0.792. The summed E-state index contributed by atoms with van der Waals surface area (Å²) in [5, 5.41) is 1.66. The van der Waals surface area contributed by atoms with E-state index < -0.39 is 0 Å². The molecule has 0 saturated heterocycles. The van der Waals surface area contributed by atoms with Gasteiger partial charge in [0.25, 0.3) is 0 Å². The van der Waals surface area contributed by atoms with Gasteiger partial charge < -0.3 is 0 Å². The van der Waals surface area contributed by atoms with Crippen LogP contribution in [0.2, 0.25) is 0 Å².